The summed E-state index contributed by atoms with van der Waals surface area (Å²) in [5.41, 5.74) is 2.98. The maximum absolute atomic E-state index is 12.2. The topological polar surface area (TPSA) is 29.4 Å². The largest absolute Gasteiger partial charge is 0.303 e. The highest BCUT2D eigenvalue weighted by Crippen LogP contribution is 2.63. The van der Waals surface area contributed by atoms with Crippen molar-refractivity contribution in [1.82, 2.24) is 0 Å². The highest BCUT2D eigenvalue weighted by Gasteiger charge is 2.57. The van der Waals surface area contributed by atoms with Crippen molar-refractivity contribution in [3.05, 3.63) is 24.3 Å². The van der Waals surface area contributed by atoms with Crippen molar-refractivity contribution < 1.29 is 4.79 Å². The molecule has 0 radical (unpaired) electrons. The van der Waals surface area contributed by atoms with Gasteiger partial charge in [-0.1, -0.05) is 25.0 Å². The number of carbonyl (C=O) groups is 1. The average molecular weight is 340 g/mol. The van der Waals surface area contributed by atoms with Gasteiger partial charge in [0.25, 0.3) is 0 Å². The molecule has 0 aliphatic heterocycles. The number of aliphatic imine (C=N–C) groups is 1. The van der Waals surface area contributed by atoms with E-state index in [1.54, 1.807) is 5.57 Å². The molecule has 0 aromatic carbocycles. The van der Waals surface area contributed by atoms with E-state index in [0.717, 1.165) is 37.1 Å². The minimum atomic E-state index is 0.0301. The number of rotatable bonds is 4. The summed E-state index contributed by atoms with van der Waals surface area (Å²) in [6, 6.07) is 0. The SMILES string of the molecule is C=CCN=C1C=C2CCC3C(CCC4(C=O)C(CC)CCC34)C2CC1. The monoisotopic (exact) mass is 339 g/mol. The van der Waals surface area contributed by atoms with E-state index in [2.05, 4.69) is 24.6 Å². The lowest BCUT2D eigenvalue weighted by Crippen LogP contribution is -2.48. The van der Waals surface area contributed by atoms with E-state index in [9.17, 15) is 4.79 Å². The molecule has 0 N–H and O–H groups in total. The summed E-state index contributed by atoms with van der Waals surface area (Å²) in [4.78, 5) is 16.9. The number of fused-ring (bicyclic) bond motifs is 5. The van der Waals surface area contributed by atoms with E-state index < -0.39 is 0 Å². The number of hydrogen-bond acceptors (Lipinski definition) is 2. The van der Waals surface area contributed by atoms with Crippen molar-refractivity contribution >= 4 is 12.0 Å². The van der Waals surface area contributed by atoms with E-state index in [-0.39, 0.29) is 5.41 Å². The van der Waals surface area contributed by atoms with Crippen molar-refractivity contribution in [1.29, 1.82) is 0 Å². The molecule has 0 bridgehead atoms. The van der Waals surface area contributed by atoms with E-state index in [0.29, 0.717) is 11.8 Å². The van der Waals surface area contributed by atoms with Crippen LogP contribution in [0.4, 0.5) is 0 Å². The van der Waals surface area contributed by atoms with E-state index in [4.69, 9.17) is 0 Å². The van der Waals surface area contributed by atoms with Gasteiger partial charge in [0.15, 0.2) is 0 Å². The summed E-state index contributed by atoms with van der Waals surface area (Å²) in [6.45, 7) is 6.82. The van der Waals surface area contributed by atoms with Crippen LogP contribution in [0, 0.1) is 35.0 Å². The first-order valence-corrected chi connectivity index (χ1v) is 10.5. The molecule has 0 saturated heterocycles. The van der Waals surface area contributed by atoms with Gasteiger partial charge in [-0.3, -0.25) is 4.99 Å². The second-order valence-electron chi connectivity index (χ2n) is 8.91. The molecule has 4 aliphatic carbocycles. The van der Waals surface area contributed by atoms with Gasteiger partial charge >= 0.3 is 0 Å². The molecular weight excluding hydrogens is 306 g/mol. The van der Waals surface area contributed by atoms with Gasteiger partial charge < -0.3 is 4.79 Å². The Morgan fingerprint density at radius 3 is 2.84 bits per heavy atom. The molecule has 2 nitrogen and oxygen atoms in total. The molecule has 3 saturated carbocycles. The Hall–Kier alpha value is -1.18. The minimum absolute atomic E-state index is 0.0301. The second-order valence-corrected chi connectivity index (χ2v) is 8.91. The number of allylic oxidation sites excluding steroid dienone is 2. The smallest absolute Gasteiger partial charge is 0.126 e. The zero-order valence-corrected chi connectivity index (χ0v) is 15.8. The van der Waals surface area contributed by atoms with E-state index in [1.807, 2.05) is 6.08 Å². The second kappa shape index (κ2) is 6.85. The first-order valence-electron chi connectivity index (χ1n) is 10.5. The quantitative estimate of drug-likeness (QED) is 0.498. The molecule has 6 unspecified atom stereocenters. The van der Waals surface area contributed by atoms with Crippen LogP contribution in [-0.4, -0.2) is 18.5 Å². The number of aldehydes is 1. The van der Waals surface area contributed by atoms with Gasteiger partial charge in [0.1, 0.15) is 6.29 Å². The Bertz CT molecular complexity index is 603. The highest BCUT2D eigenvalue weighted by atomic mass is 16.1. The maximum atomic E-state index is 12.2. The first-order chi connectivity index (χ1) is 12.2. The van der Waals surface area contributed by atoms with Crippen LogP contribution < -0.4 is 0 Å². The summed E-state index contributed by atoms with van der Waals surface area (Å²) in [6.07, 6.45) is 16.9. The normalized spacial score (nSPS) is 44.4. The third-order valence-electron chi connectivity index (χ3n) is 8.21. The van der Waals surface area contributed by atoms with Crippen LogP contribution in [0.25, 0.3) is 0 Å². The van der Waals surface area contributed by atoms with Crippen LogP contribution in [0.15, 0.2) is 29.3 Å². The molecule has 0 spiro atoms. The average Bonchev–Trinajstić information content (AvgIpc) is 3.05. The predicted octanol–water partition coefficient (Wildman–Crippen LogP) is 5.39. The van der Waals surface area contributed by atoms with Gasteiger partial charge in [-0.25, -0.2) is 0 Å². The molecule has 6 atom stereocenters. The Morgan fingerprint density at radius 1 is 1.20 bits per heavy atom. The van der Waals surface area contributed by atoms with Crippen molar-refractivity contribution in [3.63, 3.8) is 0 Å². The lowest BCUT2D eigenvalue weighted by atomic mass is 9.51. The summed E-state index contributed by atoms with van der Waals surface area (Å²) < 4.78 is 0. The summed E-state index contributed by atoms with van der Waals surface area (Å²) in [7, 11) is 0. The molecule has 0 heterocycles. The van der Waals surface area contributed by atoms with Crippen molar-refractivity contribution in [2.24, 2.45) is 40.0 Å². The van der Waals surface area contributed by atoms with Crippen LogP contribution in [0.2, 0.25) is 0 Å². The maximum Gasteiger partial charge on any atom is 0.126 e. The predicted molar refractivity (Wildman–Crippen MR) is 104 cm³/mol. The fourth-order valence-corrected chi connectivity index (χ4v) is 7.16. The third kappa shape index (κ3) is 2.67. The van der Waals surface area contributed by atoms with Gasteiger partial charge in [-0.2, -0.15) is 0 Å². The number of hydrogen-bond donors (Lipinski definition) is 0. The highest BCUT2D eigenvalue weighted by molar-refractivity contribution is 5.96. The minimum Gasteiger partial charge on any atom is -0.303 e. The van der Waals surface area contributed by atoms with Crippen LogP contribution in [-0.2, 0) is 4.79 Å². The Labute approximate surface area is 152 Å². The summed E-state index contributed by atoms with van der Waals surface area (Å²) >= 11 is 0. The standard InChI is InChI=1S/C23H33NO/c1-3-13-24-18-7-9-19-16(14-18)5-8-21-20(19)11-12-23(15-25)17(4-2)6-10-22(21)23/h3,14-15,17,19-22H,1,4-13H2,2H3. The number of nitrogens with zero attached hydrogens (tertiary/aromatic N) is 1. The molecule has 25 heavy (non-hydrogen) atoms. The molecule has 4 rings (SSSR count). The molecular formula is C23H33NO. The van der Waals surface area contributed by atoms with Gasteiger partial charge in [-0.15, -0.1) is 6.58 Å². The molecule has 0 aromatic rings. The van der Waals surface area contributed by atoms with Crippen LogP contribution >= 0.6 is 0 Å². The third-order valence-corrected chi connectivity index (χ3v) is 8.21. The van der Waals surface area contributed by atoms with Gasteiger partial charge in [-0.05, 0) is 87.0 Å². The van der Waals surface area contributed by atoms with Crippen LogP contribution in [0.5, 0.6) is 0 Å². The molecule has 2 heteroatoms. The fourth-order valence-electron chi connectivity index (χ4n) is 7.16. The zero-order chi connectivity index (χ0) is 17.4. The van der Waals surface area contributed by atoms with Crippen LogP contribution in [0.1, 0.15) is 64.7 Å². The van der Waals surface area contributed by atoms with E-state index in [1.165, 1.54) is 56.9 Å². The molecule has 136 valence electrons. The molecule has 0 amide bonds. The Morgan fingerprint density at radius 2 is 2.08 bits per heavy atom. The molecule has 0 aromatic heterocycles. The zero-order valence-electron chi connectivity index (χ0n) is 15.8. The Kier molecular flexibility index (Phi) is 4.73. The molecule has 3 fully saturated rings. The van der Waals surface area contributed by atoms with E-state index >= 15 is 0 Å². The number of carbonyl (C=O) groups excluding carboxylic acids is 1. The van der Waals surface area contributed by atoms with Gasteiger partial charge in [0.2, 0.25) is 0 Å². The lowest BCUT2D eigenvalue weighted by molar-refractivity contribution is -0.128. The lowest BCUT2D eigenvalue weighted by Gasteiger charge is -2.53. The van der Waals surface area contributed by atoms with Crippen molar-refractivity contribution in [2.75, 3.05) is 6.54 Å². The van der Waals surface area contributed by atoms with Gasteiger partial charge in [0, 0.05) is 11.1 Å². The first kappa shape index (κ1) is 17.2. The Balaban J connectivity index is 1.57. The summed E-state index contributed by atoms with van der Waals surface area (Å²) in [5.74, 6) is 3.72. The van der Waals surface area contributed by atoms with Crippen molar-refractivity contribution in [2.45, 2.75) is 64.7 Å². The fraction of sp³-hybridized carbons (Fsp3) is 0.739. The molecule has 4 aliphatic rings. The van der Waals surface area contributed by atoms with Crippen molar-refractivity contribution in [3.8, 4) is 0 Å². The van der Waals surface area contributed by atoms with Crippen LogP contribution in [0.3, 0.4) is 0 Å². The van der Waals surface area contributed by atoms with Gasteiger partial charge in [0.05, 0.1) is 6.54 Å². The summed E-state index contributed by atoms with van der Waals surface area (Å²) in [5, 5.41) is 0.